The number of hydrogen-bond acceptors (Lipinski definition) is 10. The van der Waals surface area contributed by atoms with Gasteiger partial charge in [-0.2, -0.15) is 0 Å². The highest BCUT2D eigenvalue weighted by Crippen LogP contribution is 2.26. The van der Waals surface area contributed by atoms with E-state index in [0.717, 1.165) is 77.0 Å². The van der Waals surface area contributed by atoms with Gasteiger partial charge in [-0.05, 0) is 96.3 Å². The quantitative estimate of drug-likeness (QED) is 0.0195. The molecule has 1 heterocycles. The maximum Gasteiger partial charge on any atom is 0.306 e. The summed E-state index contributed by atoms with van der Waals surface area (Å²) in [6.45, 7) is 5.77. The monoisotopic (exact) mass is 1220 g/mol. The lowest BCUT2D eigenvalue weighted by molar-refractivity contribution is -0.305. The number of rotatable bonds is 63. The minimum Gasteiger partial charge on any atom is -0.454 e. The third kappa shape index (κ3) is 50.4. The maximum absolute atomic E-state index is 13.5. The number of unbranched alkanes of at least 4 members (excludes halogenated alkanes) is 39. The molecule has 1 aliphatic heterocycles. The molecule has 8 atom stereocenters. The molecule has 0 aromatic heterocycles. The maximum atomic E-state index is 13.5. The van der Waals surface area contributed by atoms with E-state index in [2.05, 4.69) is 86.8 Å². The predicted molar refractivity (Wildman–Crippen MR) is 366 cm³/mol. The van der Waals surface area contributed by atoms with Gasteiger partial charge in [0.25, 0.3) is 0 Å². The first kappa shape index (κ1) is 82.1. The number of aliphatic hydroxyl groups is 5. The van der Waals surface area contributed by atoms with Crippen LogP contribution in [0, 0.1) is 0 Å². The number of nitrogens with one attached hydrogen (secondary N) is 1. The number of hydrogen-bond donors (Lipinski definition) is 6. The first-order valence-electron chi connectivity index (χ1n) is 36.7. The third-order valence-electron chi connectivity index (χ3n) is 17.1. The second-order valence-electron chi connectivity index (χ2n) is 25.3. The lowest BCUT2D eigenvalue weighted by atomic mass is 9.99. The molecular formula is C76H137NO10. The lowest BCUT2D eigenvalue weighted by Crippen LogP contribution is -2.61. The van der Waals surface area contributed by atoms with E-state index in [1.54, 1.807) is 6.08 Å². The molecule has 1 fully saturated rings. The summed E-state index contributed by atoms with van der Waals surface area (Å²) in [6, 6.07) is -1.03. The van der Waals surface area contributed by atoms with Gasteiger partial charge in [0.05, 0.1) is 25.4 Å². The number of ether oxygens (including phenoxy) is 3. The number of carbonyl (C=O) groups is 2. The Balaban J connectivity index is 2.53. The van der Waals surface area contributed by atoms with Crippen LogP contribution in [-0.4, -0.2) is 99.6 Å². The number of carbonyl (C=O) groups excluding carboxylic acids is 2. The third-order valence-corrected chi connectivity index (χ3v) is 17.1. The summed E-state index contributed by atoms with van der Waals surface area (Å²) < 4.78 is 17.7. The van der Waals surface area contributed by atoms with Crippen molar-refractivity contribution < 1.29 is 49.3 Å². The molecule has 0 saturated carbocycles. The number of amides is 1. The predicted octanol–water partition coefficient (Wildman–Crippen LogP) is 19.1. The molecule has 0 spiro atoms. The topological polar surface area (TPSA) is 175 Å². The smallest absolute Gasteiger partial charge is 0.306 e. The van der Waals surface area contributed by atoms with Gasteiger partial charge in [0, 0.05) is 6.42 Å². The minimum absolute atomic E-state index is 0.120. The van der Waals surface area contributed by atoms with Gasteiger partial charge in [0.2, 0.25) is 5.91 Å². The molecule has 1 amide bonds. The Kier molecular flexibility index (Phi) is 59.7. The average molecular weight is 1220 g/mol. The summed E-state index contributed by atoms with van der Waals surface area (Å²) in [6.07, 6.45) is 72.3. The van der Waals surface area contributed by atoms with Crippen molar-refractivity contribution in [1.29, 1.82) is 0 Å². The fourth-order valence-corrected chi connectivity index (χ4v) is 11.3. The highest BCUT2D eigenvalue weighted by Gasteiger charge is 2.47. The van der Waals surface area contributed by atoms with Gasteiger partial charge < -0.3 is 45.1 Å². The van der Waals surface area contributed by atoms with E-state index in [1.807, 2.05) is 6.08 Å². The van der Waals surface area contributed by atoms with Crippen LogP contribution in [0.5, 0.6) is 0 Å². The van der Waals surface area contributed by atoms with Gasteiger partial charge in [-0.15, -0.1) is 0 Å². The van der Waals surface area contributed by atoms with Gasteiger partial charge in [-0.1, -0.05) is 306 Å². The molecule has 8 unspecified atom stereocenters. The Morgan fingerprint density at radius 1 is 0.448 bits per heavy atom. The van der Waals surface area contributed by atoms with Gasteiger partial charge in [0.1, 0.15) is 24.4 Å². The van der Waals surface area contributed by atoms with E-state index in [4.69, 9.17) is 14.2 Å². The van der Waals surface area contributed by atoms with Crippen molar-refractivity contribution in [2.45, 2.75) is 384 Å². The van der Waals surface area contributed by atoms with Crippen LogP contribution in [0.1, 0.15) is 335 Å². The molecule has 1 saturated heterocycles. The van der Waals surface area contributed by atoms with Crippen molar-refractivity contribution >= 4 is 11.9 Å². The molecule has 0 aromatic carbocycles. The van der Waals surface area contributed by atoms with Crippen LogP contribution in [0.25, 0.3) is 0 Å². The minimum atomic E-state index is -1.62. The molecule has 0 aliphatic carbocycles. The molecule has 1 aliphatic rings. The number of esters is 1. The Morgan fingerprint density at radius 3 is 1.21 bits per heavy atom. The lowest BCUT2D eigenvalue weighted by Gasteiger charge is -2.41. The summed E-state index contributed by atoms with van der Waals surface area (Å²) in [7, 11) is 0. The van der Waals surface area contributed by atoms with Crippen molar-refractivity contribution in [1.82, 2.24) is 5.32 Å². The Bertz CT molecular complexity index is 1690. The van der Waals surface area contributed by atoms with E-state index in [0.29, 0.717) is 12.8 Å². The summed E-state index contributed by atoms with van der Waals surface area (Å²) in [4.78, 5) is 26.7. The van der Waals surface area contributed by atoms with Crippen LogP contribution in [0.15, 0.2) is 72.9 Å². The molecule has 0 bridgehead atoms. The van der Waals surface area contributed by atoms with Crippen molar-refractivity contribution in [2.75, 3.05) is 13.2 Å². The van der Waals surface area contributed by atoms with Crippen molar-refractivity contribution in [2.24, 2.45) is 0 Å². The molecule has 506 valence electrons. The van der Waals surface area contributed by atoms with Crippen LogP contribution in [0.2, 0.25) is 0 Å². The van der Waals surface area contributed by atoms with Crippen LogP contribution in [-0.2, 0) is 23.8 Å². The van der Waals surface area contributed by atoms with Gasteiger partial charge >= 0.3 is 5.97 Å². The molecule has 11 nitrogen and oxygen atoms in total. The Labute approximate surface area is 534 Å². The van der Waals surface area contributed by atoms with Gasteiger partial charge in [-0.25, -0.2) is 0 Å². The first-order valence-corrected chi connectivity index (χ1v) is 36.7. The van der Waals surface area contributed by atoms with Gasteiger partial charge in [0.15, 0.2) is 12.4 Å². The molecular weight excluding hydrogens is 1090 g/mol. The van der Waals surface area contributed by atoms with Crippen molar-refractivity contribution in [3.8, 4) is 0 Å². The second kappa shape index (κ2) is 63.3. The summed E-state index contributed by atoms with van der Waals surface area (Å²) in [5.74, 6) is -1.19. The zero-order chi connectivity index (χ0) is 63.1. The van der Waals surface area contributed by atoms with E-state index in [-0.39, 0.29) is 19.4 Å². The first-order chi connectivity index (χ1) is 42.7. The highest BCUT2D eigenvalue weighted by molar-refractivity contribution is 5.80. The molecule has 1 rings (SSSR count). The Morgan fingerprint density at radius 2 is 0.793 bits per heavy atom. The second-order valence-corrected chi connectivity index (χ2v) is 25.3. The van der Waals surface area contributed by atoms with E-state index >= 15 is 0 Å². The largest absolute Gasteiger partial charge is 0.454 e. The summed E-state index contributed by atoms with van der Waals surface area (Å²) in [5, 5.41) is 57.3. The normalized spacial score (nSPS) is 18.6. The summed E-state index contributed by atoms with van der Waals surface area (Å²) >= 11 is 0. The van der Waals surface area contributed by atoms with Crippen LogP contribution < -0.4 is 5.32 Å². The van der Waals surface area contributed by atoms with Crippen LogP contribution in [0.3, 0.4) is 0 Å². The fourth-order valence-electron chi connectivity index (χ4n) is 11.3. The zero-order valence-corrected chi connectivity index (χ0v) is 56.4. The molecule has 0 aromatic rings. The van der Waals surface area contributed by atoms with E-state index in [1.165, 1.54) is 212 Å². The van der Waals surface area contributed by atoms with Crippen LogP contribution in [0.4, 0.5) is 0 Å². The highest BCUT2D eigenvalue weighted by atomic mass is 16.7. The standard InChI is InChI=1S/C76H137NO10/c1-4-7-10-13-16-19-22-24-26-28-30-32-34-35-36-38-40-42-44-46-49-52-55-58-61-64-71(81)87-74-73(83)72(82)70(65-78)86-76(74)85-66-67(68(79)62-59-56-53-50-47-21-18-15-12-9-6-3)77-75(84)69(80)63-60-57-54-51-48-45-43-41-39-37-33-31-29-27-25-23-20-17-14-11-8-5-2/h16-17,19-20,24-27,30,32,59,62,67-70,72-74,76,78-80,82-83H,4-15,18,21-23,28-29,31,33-58,60-61,63-66H2,1-3H3,(H,77,84)/b19-16-,20-17-,26-24-,27-25-,32-30-,62-59+. The van der Waals surface area contributed by atoms with Gasteiger partial charge in [-0.3, -0.25) is 9.59 Å². The van der Waals surface area contributed by atoms with Crippen LogP contribution >= 0.6 is 0 Å². The molecule has 6 N–H and O–H groups in total. The van der Waals surface area contributed by atoms with E-state index < -0.39 is 67.4 Å². The number of aliphatic hydroxyl groups excluding tert-OH is 5. The van der Waals surface area contributed by atoms with Crippen molar-refractivity contribution in [3.05, 3.63) is 72.9 Å². The SMILES string of the molecule is CCCCC/C=C\C/C=C\C/C=C\CCCCCCCCCCCCCCC(=O)OC1C(OCC(NC(=O)C(O)CCCCCCCCCCCCCC/C=C\C/C=C\CCCCC)C(O)/C=C/CCCCCCCCCCC)OC(CO)C(O)C1O. The molecule has 0 radical (unpaired) electrons. The fraction of sp³-hybridized carbons (Fsp3) is 0.816. The zero-order valence-electron chi connectivity index (χ0n) is 56.4. The average Bonchev–Trinajstić information content (AvgIpc) is 3.12. The van der Waals surface area contributed by atoms with Crippen molar-refractivity contribution in [3.63, 3.8) is 0 Å². The Hall–Kier alpha value is -2.90. The number of allylic oxidation sites excluding steroid dienone is 11. The summed E-state index contributed by atoms with van der Waals surface area (Å²) in [5.41, 5.74) is 0. The molecule has 11 heteroatoms. The molecule has 87 heavy (non-hydrogen) atoms. The van der Waals surface area contributed by atoms with E-state index in [9.17, 15) is 35.1 Å².